The summed E-state index contributed by atoms with van der Waals surface area (Å²) in [6, 6.07) is 8.06. The van der Waals surface area contributed by atoms with Crippen molar-refractivity contribution >= 4 is 5.91 Å². The number of alkyl halides is 2. The summed E-state index contributed by atoms with van der Waals surface area (Å²) in [4.78, 5) is 22.8. The number of carbonyl (C=O) groups excluding carboxylic acids is 1. The number of amides is 1. The highest BCUT2D eigenvalue weighted by Crippen LogP contribution is 2.19. The van der Waals surface area contributed by atoms with E-state index in [4.69, 9.17) is 0 Å². The summed E-state index contributed by atoms with van der Waals surface area (Å²) in [5.74, 6) is -0.420. The van der Waals surface area contributed by atoms with Crippen LogP contribution in [0.5, 0.6) is 5.75 Å². The van der Waals surface area contributed by atoms with Crippen LogP contribution >= 0.6 is 0 Å². The van der Waals surface area contributed by atoms with Crippen molar-refractivity contribution in [1.82, 2.24) is 15.5 Å². The molecule has 0 bridgehead atoms. The van der Waals surface area contributed by atoms with Crippen LogP contribution in [0, 0.1) is 0 Å². The Bertz CT molecular complexity index is 681. The summed E-state index contributed by atoms with van der Waals surface area (Å²) in [7, 11) is 0. The van der Waals surface area contributed by atoms with Crippen LogP contribution in [-0.4, -0.2) is 22.7 Å². The van der Waals surface area contributed by atoms with E-state index in [1.165, 1.54) is 24.3 Å². The first-order valence-electron chi connectivity index (χ1n) is 6.37. The average Bonchev–Trinajstić information content (AvgIpc) is 2.48. The van der Waals surface area contributed by atoms with Gasteiger partial charge < -0.3 is 10.1 Å². The number of aromatic amines is 1. The minimum absolute atomic E-state index is 0.0413. The van der Waals surface area contributed by atoms with Gasteiger partial charge in [0.05, 0.1) is 6.04 Å². The van der Waals surface area contributed by atoms with Gasteiger partial charge in [0.15, 0.2) is 0 Å². The molecule has 0 spiro atoms. The van der Waals surface area contributed by atoms with E-state index in [2.05, 4.69) is 20.3 Å². The number of carbonyl (C=O) groups is 1. The molecule has 2 N–H and O–H groups in total. The zero-order valence-electron chi connectivity index (χ0n) is 11.5. The first-order valence-corrected chi connectivity index (χ1v) is 6.37. The van der Waals surface area contributed by atoms with Crippen LogP contribution in [0.25, 0.3) is 0 Å². The molecule has 0 saturated carbocycles. The molecule has 2 aromatic rings. The molecule has 1 atom stereocenters. The topological polar surface area (TPSA) is 84.1 Å². The number of ether oxygens (including phenoxy) is 1. The van der Waals surface area contributed by atoms with E-state index < -0.39 is 18.1 Å². The Balaban J connectivity index is 2.02. The van der Waals surface area contributed by atoms with Crippen molar-refractivity contribution in [1.29, 1.82) is 0 Å². The van der Waals surface area contributed by atoms with Gasteiger partial charge in [-0.2, -0.15) is 13.9 Å². The molecule has 0 fully saturated rings. The molecule has 2 rings (SSSR count). The number of benzene rings is 1. The first kappa shape index (κ1) is 15.6. The van der Waals surface area contributed by atoms with Gasteiger partial charge in [0.1, 0.15) is 11.4 Å². The highest BCUT2D eigenvalue weighted by molar-refractivity contribution is 5.92. The summed E-state index contributed by atoms with van der Waals surface area (Å²) in [6.07, 6.45) is 0. The summed E-state index contributed by atoms with van der Waals surface area (Å²) in [6.45, 7) is -1.15. The third-order valence-corrected chi connectivity index (χ3v) is 2.86. The molecule has 1 aromatic heterocycles. The first-order chi connectivity index (χ1) is 10.5. The molecule has 1 heterocycles. The highest BCUT2D eigenvalue weighted by atomic mass is 19.3. The molecule has 8 heteroatoms. The summed E-state index contributed by atoms with van der Waals surface area (Å²) in [5, 5.41) is 8.46. The van der Waals surface area contributed by atoms with Crippen molar-refractivity contribution in [2.24, 2.45) is 0 Å². The lowest BCUT2D eigenvalue weighted by atomic mass is 10.1. The van der Waals surface area contributed by atoms with E-state index in [9.17, 15) is 18.4 Å². The van der Waals surface area contributed by atoms with Crippen LogP contribution in [0.3, 0.4) is 0 Å². The van der Waals surface area contributed by atoms with Gasteiger partial charge in [-0.3, -0.25) is 9.59 Å². The molecular formula is C14H13F2N3O3. The Labute approximate surface area is 124 Å². The second-order valence-electron chi connectivity index (χ2n) is 4.45. The predicted octanol–water partition coefficient (Wildman–Crippen LogP) is 1.86. The number of hydrogen-bond acceptors (Lipinski definition) is 4. The van der Waals surface area contributed by atoms with E-state index in [0.29, 0.717) is 5.56 Å². The van der Waals surface area contributed by atoms with Gasteiger partial charge in [-0.1, -0.05) is 12.1 Å². The summed E-state index contributed by atoms with van der Waals surface area (Å²) in [5.41, 5.74) is 0.378. The molecule has 6 nitrogen and oxygen atoms in total. The zero-order valence-corrected chi connectivity index (χ0v) is 11.5. The molecule has 0 radical (unpaired) electrons. The second-order valence-corrected chi connectivity index (χ2v) is 4.45. The lowest BCUT2D eigenvalue weighted by Crippen LogP contribution is -2.28. The fraction of sp³-hybridized carbons (Fsp3) is 0.214. The van der Waals surface area contributed by atoms with Crippen molar-refractivity contribution in [3.8, 4) is 5.75 Å². The van der Waals surface area contributed by atoms with Crippen molar-refractivity contribution in [2.45, 2.75) is 19.6 Å². The fourth-order valence-electron chi connectivity index (χ4n) is 1.76. The smallest absolute Gasteiger partial charge is 0.387 e. The van der Waals surface area contributed by atoms with Crippen LogP contribution in [0.2, 0.25) is 0 Å². The van der Waals surface area contributed by atoms with Gasteiger partial charge in [-0.05, 0) is 30.7 Å². The minimum atomic E-state index is -2.88. The van der Waals surface area contributed by atoms with Gasteiger partial charge in [0.25, 0.3) is 11.5 Å². The quantitative estimate of drug-likeness (QED) is 0.883. The van der Waals surface area contributed by atoms with E-state index in [1.807, 2.05) is 0 Å². The molecule has 0 aliphatic rings. The zero-order chi connectivity index (χ0) is 16.1. The van der Waals surface area contributed by atoms with Gasteiger partial charge in [0.2, 0.25) is 0 Å². The van der Waals surface area contributed by atoms with E-state index in [1.54, 1.807) is 19.1 Å². The fourth-order valence-corrected chi connectivity index (χ4v) is 1.76. The highest BCUT2D eigenvalue weighted by Gasteiger charge is 2.13. The number of nitrogens with one attached hydrogen (secondary N) is 2. The number of aromatic nitrogens is 2. The second kappa shape index (κ2) is 6.79. The molecule has 1 aromatic carbocycles. The number of halogens is 2. The minimum Gasteiger partial charge on any atom is -0.435 e. The maximum absolute atomic E-state index is 12.1. The van der Waals surface area contributed by atoms with Crippen molar-refractivity contribution in [3.05, 3.63) is 58.0 Å². The Morgan fingerprint density at radius 3 is 2.45 bits per heavy atom. The largest absolute Gasteiger partial charge is 0.435 e. The van der Waals surface area contributed by atoms with Crippen molar-refractivity contribution in [2.75, 3.05) is 0 Å². The van der Waals surface area contributed by atoms with E-state index >= 15 is 0 Å². The van der Waals surface area contributed by atoms with Gasteiger partial charge in [-0.25, -0.2) is 5.10 Å². The molecular weight excluding hydrogens is 296 g/mol. The third-order valence-electron chi connectivity index (χ3n) is 2.86. The van der Waals surface area contributed by atoms with Crippen LogP contribution in [0.1, 0.15) is 29.0 Å². The van der Waals surface area contributed by atoms with Crippen LogP contribution < -0.4 is 15.6 Å². The van der Waals surface area contributed by atoms with Crippen LogP contribution in [0.4, 0.5) is 8.78 Å². The lowest BCUT2D eigenvalue weighted by molar-refractivity contribution is -0.0498. The maximum Gasteiger partial charge on any atom is 0.387 e. The molecule has 22 heavy (non-hydrogen) atoms. The van der Waals surface area contributed by atoms with Crippen LogP contribution in [-0.2, 0) is 0 Å². The SMILES string of the molecule is CC(NC(=O)c1ccc(=O)[nH]n1)c1ccc(OC(F)F)cc1. The summed E-state index contributed by atoms with van der Waals surface area (Å²) >= 11 is 0. The Morgan fingerprint density at radius 1 is 1.23 bits per heavy atom. The van der Waals surface area contributed by atoms with Crippen molar-refractivity contribution in [3.63, 3.8) is 0 Å². The number of H-pyrrole nitrogens is 1. The monoisotopic (exact) mass is 309 g/mol. The average molecular weight is 309 g/mol. The van der Waals surface area contributed by atoms with Crippen molar-refractivity contribution < 1.29 is 18.3 Å². The molecule has 0 saturated heterocycles. The number of hydrogen-bond donors (Lipinski definition) is 2. The maximum atomic E-state index is 12.1. The molecule has 1 unspecified atom stereocenters. The Hall–Kier alpha value is -2.77. The summed E-state index contributed by atoms with van der Waals surface area (Å²) < 4.78 is 28.4. The molecule has 1 amide bonds. The predicted molar refractivity (Wildman–Crippen MR) is 73.8 cm³/mol. The number of nitrogens with zero attached hydrogens (tertiary/aromatic N) is 1. The van der Waals surface area contributed by atoms with E-state index in [-0.39, 0.29) is 17.5 Å². The lowest BCUT2D eigenvalue weighted by Gasteiger charge is -2.14. The Morgan fingerprint density at radius 2 is 1.91 bits per heavy atom. The van der Waals surface area contributed by atoms with Crippen LogP contribution in [0.15, 0.2) is 41.2 Å². The normalized spacial score (nSPS) is 12.0. The Kier molecular flexibility index (Phi) is 4.82. The number of rotatable bonds is 5. The molecule has 0 aliphatic heterocycles. The standard InChI is InChI=1S/C14H13F2N3O3/c1-8(9-2-4-10(5-3-9)22-14(15)16)17-13(21)11-6-7-12(20)19-18-11/h2-8,14H,1H3,(H,17,21)(H,19,20). The molecule has 0 aliphatic carbocycles. The molecule has 116 valence electrons. The van der Waals surface area contributed by atoms with Gasteiger partial charge in [-0.15, -0.1) is 0 Å². The van der Waals surface area contributed by atoms with Gasteiger partial charge >= 0.3 is 6.61 Å². The van der Waals surface area contributed by atoms with Gasteiger partial charge in [0, 0.05) is 6.07 Å². The van der Waals surface area contributed by atoms with E-state index in [0.717, 1.165) is 0 Å². The third kappa shape index (κ3) is 4.11.